The van der Waals surface area contributed by atoms with E-state index in [-0.39, 0.29) is 15.6 Å². The molecular weight excluding hydrogens is 293 g/mol. The van der Waals surface area contributed by atoms with Gasteiger partial charge in [-0.05, 0) is 12.8 Å². The monoisotopic (exact) mass is 310 g/mol. The van der Waals surface area contributed by atoms with E-state index >= 15 is 0 Å². The predicted molar refractivity (Wildman–Crippen MR) is 63.2 cm³/mol. The lowest BCUT2D eigenvalue weighted by Gasteiger charge is -2.33. The van der Waals surface area contributed by atoms with Gasteiger partial charge in [-0.25, -0.2) is 4.58 Å². The van der Waals surface area contributed by atoms with E-state index in [4.69, 9.17) is 4.74 Å². The fraction of sp³-hybridized carbons (Fsp3) is 0.900. The molecule has 0 aromatic heterocycles. The Morgan fingerprint density at radius 1 is 1.50 bits per heavy atom. The number of aliphatic hydroxyl groups is 1. The summed E-state index contributed by atoms with van der Waals surface area (Å²) in [5, 5.41) is 9.65. The maximum Gasteiger partial charge on any atom is 0.187 e. The first-order valence-electron chi connectivity index (χ1n) is 5.08. The Kier molecular flexibility index (Phi) is 2.87. The van der Waals surface area contributed by atoms with Crippen LogP contribution in [0.25, 0.3) is 0 Å². The van der Waals surface area contributed by atoms with Crippen LogP contribution >= 0.6 is 22.6 Å². The van der Waals surface area contributed by atoms with Gasteiger partial charge in [0.1, 0.15) is 19.9 Å². The van der Waals surface area contributed by atoms with E-state index in [0.29, 0.717) is 0 Å². The van der Waals surface area contributed by atoms with Crippen LogP contribution in [0.2, 0.25) is 0 Å². The molecule has 2 unspecified atom stereocenters. The molecular formula is C10H17INO2+. The normalized spacial score (nSPS) is 40.6. The second-order valence-electron chi connectivity index (χ2n) is 4.41. The fourth-order valence-corrected chi connectivity index (χ4v) is 2.78. The third kappa shape index (κ3) is 1.72. The average Bonchev–Trinajstić information content (AvgIpc) is 2.90. The summed E-state index contributed by atoms with van der Waals surface area (Å²) in [6.07, 6.45) is 3.97. The van der Waals surface area contributed by atoms with Gasteiger partial charge in [0.2, 0.25) is 0 Å². The number of rotatable bonds is 2. The largest absolute Gasteiger partial charge is 0.367 e. The Balaban J connectivity index is 2.03. The first-order chi connectivity index (χ1) is 6.56. The van der Waals surface area contributed by atoms with E-state index in [2.05, 4.69) is 29.3 Å². The van der Waals surface area contributed by atoms with Crippen molar-refractivity contribution < 1.29 is 14.4 Å². The Morgan fingerprint density at radius 3 is 2.57 bits per heavy atom. The molecule has 2 rings (SSSR count). The molecule has 1 saturated carbocycles. The molecule has 4 heteroatoms. The molecule has 0 aromatic rings. The standard InChI is InChI=1S/C10H17INO2/c1-12(2)10(5-6-10)8-4-3-7(11)9(13)14-8/h7-9,13H,1,3-6H2,2H3/q+1/t7?,8-,9?/m0/s1. The second kappa shape index (κ2) is 3.72. The molecule has 80 valence electrons. The van der Waals surface area contributed by atoms with Crippen molar-refractivity contribution in [2.75, 3.05) is 7.05 Å². The van der Waals surface area contributed by atoms with Gasteiger partial charge in [0, 0.05) is 12.8 Å². The molecule has 2 fully saturated rings. The topological polar surface area (TPSA) is 32.5 Å². The van der Waals surface area contributed by atoms with Crippen LogP contribution < -0.4 is 0 Å². The van der Waals surface area contributed by atoms with Crippen molar-refractivity contribution in [2.45, 2.75) is 47.5 Å². The van der Waals surface area contributed by atoms with Gasteiger partial charge in [-0.3, -0.25) is 0 Å². The molecule has 1 saturated heterocycles. The molecule has 1 heterocycles. The van der Waals surface area contributed by atoms with Gasteiger partial charge in [-0.1, -0.05) is 22.6 Å². The third-order valence-corrected chi connectivity index (χ3v) is 4.68. The number of hydrogen-bond acceptors (Lipinski definition) is 2. The summed E-state index contributed by atoms with van der Waals surface area (Å²) in [6, 6.07) is 0. The van der Waals surface area contributed by atoms with E-state index in [1.165, 1.54) is 0 Å². The molecule has 3 nitrogen and oxygen atoms in total. The van der Waals surface area contributed by atoms with E-state index in [1.807, 2.05) is 11.6 Å². The SMILES string of the molecule is C=[N+](C)C1([C@@H]2CCC(I)C(O)O2)CC1. The Hall–Kier alpha value is 0.320. The number of aliphatic hydroxyl groups excluding tert-OH is 1. The summed E-state index contributed by atoms with van der Waals surface area (Å²) in [4.78, 5) is 0. The number of nitrogens with zero attached hydrogens (tertiary/aromatic N) is 1. The molecule has 1 aliphatic heterocycles. The predicted octanol–water partition coefficient (Wildman–Crippen LogP) is 1.16. The van der Waals surface area contributed by atoms with Crippen molar-refractivity contribution in [2.24, 2.45) is 0 Å². The highest BCUT2D eigenvalue weighted by Crippen LogP contribution is 2.46. The first-order valence-corrected chi connectivity index (χ1v) is 6.33. The van der Waals surface area contributed by atoms with Crippen molar-refractivity contribution in [1.29, 1.82) is 0 Å². The lowest BCUT2D eigenvalue weighted by Crippen LogP contribution is -2.46. The van der Waals surface area contributed by atoms with Crippen LogP contribution in [0.5, 0.6) is 0 Å². The van der Waals surface area contributed by atoms with Crippen molar-refractivity contribution in [3.05, 3.63) is 0 Å². The van der Waals surface area contributed by atoms with E-state index in [9.17, 15) is 5.11 Å². The lowest BCUT2D eigenvalue weighted by molar-refractivity contribution is -0.562. The number of likely N-dealkylation sites (N-methyl/N-ethyl adjacent to an activating group) is 1. The highest BCUT2D eigenvalue weighted by Gasteiger charge is 2.59. The summed E-state index contributed by atoms with van der Waals surface area (Å²) >= 11 is 2.25. The summed E-state index contributed by atoms with van der Waals surface area (Å²) in [5.74, 6) is 0. The minimum Gasteiger partial charge on any atom is -0.367 e. The molecule has 1 N–H and O–H groups in total. The Morgan fingerprint density at radius 2 is 2.14 bits per heavy atom. The number of halogens is 1. The molecule has 0 radical (unpaired) electrons. The summed E-state index contributed by atoms with van der Waals surface area (Å²) in [5.41, 5.74) is 0.123. The minimum atomic E-state index is -0.591. The van der Waals surface area contributed by atoms with Crippen LogP contribution in [0.1, 0.15) is 25.7 Å². The molecule has 0 amide bonds. The third-order valence-electron chi connectivity index (χ3n) is 3.44. The van der Waals surface area contributed by atoms with Gasteiger partial charge in [-0.2, -0.15) is 0 Å². The van der Waals surface area contributed by atoms with Gasteiger partial charge in [0.05, 0.1) is 3.92 Å². The minimum absolute atomic E-state index is 0.123. The highest BCUT2D eigenvalue weighted by atomic mass is 127. The van der Waals surface area contributed by atoms with Gasteiger partial charge in [0.25, 0.3) is 0 Å². The van der Waals surface area contributed by atoms with Crippen LogP contribution in [0.4, 0.5) is 0 Å². The van der Waals surface area contributed by atoms with Crippen LogP contribution in [0, 0.1) is 0 Å². The highest BCUT2D eigenvalue weighted by molar-refractivity contribution is 14.1. The zero-order chi connectivity index (χ0) is 10.3. The van der Waals surface area contributed by atoms with E-state index < -0.39 is 6.29 Å². The van der Waals surface area contributed by atoms with Crippen LogP contribution in [-0.4, -0.2) is 45.3 Å². The summed E-state index contributed by atoms with van der Waals surface area (Å²) < 4.78 is 7.91. The lowest BCUT2D eigenvalue weighted by atomic mass is 9.99. The van der Waals surface area contributed by atoms with Crippen molar-refractivity contribution >= 4 is 29.3 Å². The van der Waals surface area contributed by atoms with Gasteiger partial charge < -0.3 is 9.84 Å². The summed E-state index contributed by atoms with van der Waals surface area (Å²) in [6.45, 7) is 3.96. The van der Waals surface area contributed by atoms with Gasteiger partial charge in [-0.15, -0.1) is 0 Å². The molecule has 14 heavy (non-hydrogen) atoms. The molecule has 3 atom stereocenters. The average molecular weight is 310 g/mol. The number of ether oxygens (including phenoxy) is 1. The first kappa shape index (κ1) is 10.8. The smallest absolute Gasteiger partial charge is 0.187 e. The molecule has 2 aliphatic rings. The second-order valence-corrected chi connectivity index (χ2v) is 6.01. The van der Waals surface area contributed by atoms with E-state index in [0.717, 1.165) is 25.7 Å². The van der Waals surface area contributed by atoms with Crippen LogP contribution in [-0.2, 0) is 4.74 Å². The maximum atomic E-state index is 9.65. The zero-order valence-corrected chi connectivity index (χ0v) is 10.6. The molecule has 0 spiro atoms. The maximum absolute atomic E-state index is 9.65. The Labute approximate surface area is 98.3 Å². The van der Waals surface area contributed by atoms with Crippen LogP contribution in [0.15, 0.2) is 0 Å². The van der Waals surface area contributed by atoms with Gasteiger partial charge >= 0.3 is 0 Å². The number of alkyl halides is 1. The number of hydrogen-bond donors (Lipinski definition) is 1. The fourth-order valence-electron chi connectivity index (χ4n) is 2.25. The van der Waals surface area contributed by atoms with Crippen molar-refractivity contribution in [1.82, 2.24) is 0 Å². The Bertz CT molecular complexity index is 253. The zero-order valence-electron chi connectivity index (χ0n) is 8.45. The quantitative estimate of drug-likeness (QED) is 0.359. The molecule has 1 aliphatic carbocycles. The summed E-state index contributed by atoms with van der Waals surface area (Å²) in [7, 11) is 2.00. The van der Waals surface area contributed by atoms with E-state index in [1.54, 1.807) is 0 Å². The molecule has 0 aromatic carbocycles. The van der Waals surface area contributed by atoms with Crippen molar-refractivity contribution in [3.8, 4) is 0 Å². The van der Waals surface area contributed by atoms with Crippen LogP contribution in [0.3, 0.4) is 0 Å². The van der Waals surface area contributed by atoms with Gasteiger partial charge in [0.15, 0.2) is 11.8 Å². The molecule has 0 bridgehead atoms. The van der Waals surface area contributed by atoms with Crippen molar-refractivity contribution in [3.63, 3.8) is 0 Å².